The summed E-state index contributed by atoms with van der Waals surface area (Å²) < 4.78 is 0. The first kappa shape index (κ1) is 12.6. The van der Waals surface area contributed by atoms with Crippen molar-refractivity contribution < 1.29 is 5.11 Å². The zero-order valence-electron chi connectivity index (χ0n) is 10.7. The maximum atomic E-state index is 9.32. The Labute approximate surface area is 104 Å². The van der Waals surface area contributed by atoms with Crippen molar-refractivity contribution in [3.05, 3.63) is 34.9 Å². The molecule has 0 heterocycles. The predicted molar refractivity (Wildman–Crippen MR) is 70.9 cm³/mol. The van der Waals surface area contributed by atoms with Gasteiger partial charge in [-0.15, -0.1) is 0 Å². The van der Waals surface area contributed by atoms with Crippen molar-refractivity contribution in [3.63, 3.8) is 0 Å². The third kappa shape index (κ3) is 2.70. The van der Waals surface area contributed by atoms with Crippen LogP contribution in [0.1, 0.15) is 48.9 Å². The zero-order valence-corrected chi connectivity index (χ0v) is 10.7. The Morgan fingerprint density at radius 3 is 2.59 bits per heavy atom. The number of aryl methyl sites for hydroxylation is 2. The van der Waals surface area contributed by atoms with Crippen LogP contribution in [0.15, 0.2) is 18.2 Å². The molecule has 0 spiro atoms. The van der Waals surface area contributed by atoms with Crippen molar-refractivity contribution in [1.82, 2.24) is 0 Å². The molecular formula is C15H23NO. The van der Waals surface area contributed by atoms with Gasteiger partial charge >= 0.3 is 0 Å². The van der Waals surface area contributed by atoms with Gasteiger partial charge in [-0.05, 0) is 48.8 Å². The van der Waals surface area contributed by atoms with Gasteiger partial charge in [0, 0.05) is 18.6 Å². The van der Waals surface area contributed by atoms with Gasteiger partial charge in [-0.3, -0.25) is 0 Å². The van der Waals surface area contributed by atoms with Crippen molar-refractivity contribution in [2.45, 2.75) is 45.1 Å². The van der Waals surface area contributed by atoms with Gasteiger partial charge in [0.2, 0.25) is 0 Å². The number of nitrogens with two attached hydrogens (primary N) is 1. The van der Waals surface area contributed by atoms with E-state index in [1.165, 1.54) is 42.4 Å². The first-order valence-corrected chi connectivity index (χ1v) is 6.74. The maximum absolute atomic E-state index is 9.32. The lowest BCUT2D eigenvalue weighted by atomic mass is 9.86. The molecule has 0 saturated heterocycles. The number of fused-ring (bicyclic) bond motifs is 1. The molecule has 0 amide bonds. The summed E-state index contributed by atoms with van der Waals surface area (Å²) in [6.45, 7) is 2.26. The van der Waals surface area contributed by atoms with Gasteiger partial charge in [-0.25, -0.2) is 0 Å². The van der Waals surface area contributed by atoms with Gasteiger partial charge < -0.3 is 10.8 Å². The summed E-state index contributed by atoms with van der Waals surface area (Å²) in [5, 5.41) is 9.32. The van der Waals surface area contributed by atoms with Gasteiger partial charge in [0.25, 0.3) is 0 Å². The highest BCUT2D eigenvalue weighted by Crippen LogP contribution is 2.27. The van der Waals surface area contributed by atoms with E-state index in [4.69, 9.17) is 5.73 Å². The van der Waals surface area contributed by atoms with E-state index in [1.54, 1.807) is 0 Å². The van der Waals surface area contributed by atoms with Crippen LogP contribution in [0, 0.1) is 5.92 Å². The van der Waals surface area contributed by atoms with Gasteiger partial charge in [0.15, 0.2) is 0 Å². The summed E-state index contributed by atoms with van der Waals surface area (Å²) in [5.41, 5.74) is 10.4. The normalized spacial score (nSPS) is 18.5. The lowest BCUT2D eigenvalue weighted by Gasteiger charge is -2.23. The molecule has 0 saturated carbocycles. The molecular weight excluding hydrogens is 210 g/mol. The predicted octanol–water partition coefficient (Wildman–Crippen LogP) is 2.58. The van der Waals surface area contributed by atoms with Gasteiger partial charge in [-0.1, -0.05) is 25.1 Å². The molecule has 1 aromatic rings. The molecule has 0 aliphatic heterocycles. The molecule has 3 N–H and O–H groups in total. The molecule has 0 fully saturated rings. The van der Waals surface area contributed by atoms with Crippen molar-refractivity contribution in [2.75, 3.05) is 6.61 Å². The SMILES string of the molecule is CCC(CO)C(N)c1ccc2c(c1)CCCC2. The van der Waals surface area contributed by atoms with Crippen molar-refractivity contribution in [2.24, 2.45) is 11.7 Å². The highest BCUT2D eigenvalue weighted by molar-refractivity contribution is 5.35. The van der Waals surface area contributed by atoms with Crippen molar-refractivity contribution in [1.29, 1.82) is 0 Å². The van der Waals surface area contributed by atoms with Crippen LogP contribution in [0.5, 0.6) is 0 Å². The summed E-state index contributed by atoms with van der Waals surface area (Å²) in [6.07, 6.45) is 5.93. The highest BCUT2D eigenvalue weighted by atomic mass is 16.3. The van der Waals surface area contributed by atoms with Crippen LogP contribution >= 0.6 is 0 Å². The minimum Gasteiger partial charge on any atom is -0.396 e. The molecule has 0 aromatic heterocycles. The van der Waals surface area contributed by atoms with E-state index in [2.05, 4.69) is 25.1 Å². The van der Waals surface area contributed by atoms with Crippen LogP contribution < -0.4 is 5.73 Å². The molecule has 2 atom stereocenters. The molecule has 94 valence electrons. The minimum absolute atomic E-state index is 0.0303. The molecule has 2 nitrogen and oxygen atoms in total. The molecule has 1 aromatic carbocycles. The average molecular weight is 233 g/mol. The quantitative estimate of drug-likeness (QED) is 0.839. The van der Waals surface area contributed by atoms with Gasteiger partial charge in [0.05, 0.1) is 0 Å². The number of aliphatic hydroxyl groups excluding tert-OH is 1. The summed E-state index contributed by atoms with van der Waals surface area (Å²) in [6, 6.07) is 6.61. The van der Waals surface area contributed by atoms with E-state index in [-0.39, 0.29) is 18.6 Å². The fourth-order valence-electron chi connectivity index (χ4n) is 2.73. The zero-order chi connectivity index (χ0) is 12.3. The number of benzene rings is 1. The first-order valence-electron chi connectivity index (χ1n) is 6.74. The molecule has 17 heavy (non-hydrogen) atoms. The lowest BCUT2D eigenvalue weighted by Crippen LogP contribution is -2.24. The number of aliphatic hydroxyl groups is 1. The number of hydrogen-bond donors (Lipinski definition) is 2. The van der Waals surface area contributed by atoms with E-state index >= 15 is 0 Å². The first-order chi connectivity index (χ1) is 8.26. The Balaban J connectivity index is 2.21. The molecule has 2 unspecified atom stereocenters. The Kier molecular flexibility index (Phi) is 4.19. The van der Waals surface area contributed by atoms with Crippen LogP contribution in [0.25, 0.3) is 0 Å². The molecule has 1 aliphatic carbocycles. The van der Waals surface area contributed by atoms with E-state index in [9.17, 15) is 5.11 Å². The molecule has 2 heteroatoms. The summed E-state index contributed by atoms with van der Waals surface area (Å²) in [5.74, 6) is 0.177. The van der Waals surface area contributed by atoms with E-state index in [0.29, 0.717) is 0 Å². The second-order valence-corrected chi connectivity index (χ2v) is 5.11. The van der Waals surface area contributed by atoms with Crippen molar-refractivity contribution in [3.8, 4) is 0 Å². The monoisotopic (exact) mass is 233 g/mol. The minimum atomic E-state index is -0.0303. The van der Waals surface area contributed by atoms with Gasteiger partial charge in [-0.2, -0.15) is 0 Å². The average Bonchev–Trinajstić information content (AvgIpc) is 2.39. The summed E-state index contributed by atoms with van der Waals surface area (Å²) in [7, 11) is 0. The smallest absolute Gasteiger partial charge is 0.0477 e. The van der Waals surface area contributed by atoms with Gasteiger partial charge in [0.1, 0.15) is 0 Å². The highest BCUT2D eigenvalue weighted by Gasteiger charge is 2.18. The second kappa shape index (κ2) is 5.65. The molecule has 0 radical (unpaired) electrons. The molecule has 1 aliphatic rings. The van der Waals surface area contributed by atoms with Crippen LogP contribution in [0.4, 0.5) is 0 Å². The number of hydrogen-bond acceptors (Lipinski definition) is 2. The van der Waals surface area contributed by atoms with Crippen molar-refractivity contribution >= 4 is 0 Å². The Morgan fingerprint density at radius 1 is 1.24 bits per heavy atom. The van der Waals surface area contributed by atoms with Crippen LogP contribution in [0.3, 0.4) is 0 Å². The third-order valence-electron chi connectivity index (χ3n) is 4.02. The van der Waals surface area contributed by atoms with E-state index in [1.807, 2.05) is 0 Å². The maximum Gasteiger partial charge on any atom is 0.0477 e. The largest absolute Gasteiger partial charge is 0.396 e. The fraction of sp³-hybridized carbons (Fsp3) is 0.600. The second-order valence-electron chi connectivity index (χ2n) is 5.11. The van der Waals surface area contributed by atoms with E-state index in [0.717, 1.165) is 6.42 Å². The summed E-state index contributed by atoms with van der Waals surface area (Å²) in [4.78, 5) is 0. The van der Waals surface area contributed by atoms with Crippen LogP contribution in [-0.2, 0) is 12.8 Å². The standard InChI is InChI=1S/C15H23NO/c1-2-11(10-17)15(16)14-8-7-12-5-3-4-6-13(12)9-14/h7-9,11,15,17H,2-6,10,16H2,1H3. The van der Waals surface area contributed by atoms with E-state index < -0.39 is 0 Å². The van der Waals surface area contributed by atoms with Crippen LogP contribution in [0.2, 0.25) is 0 Å². The Morgan fingerprint density at radius 2 is 1.94 bits per heavy atom. The third-order valence-corrected chi connectivity index (χ3v) is 4.02. The number of rotatable bonds is 4. The lowest BCUT2D eigenvalue weighted by molar-refractivity contribution is 0.200. The Bertz CT molecular complexity index is 371. The molecule has 2 rings (SSSR count). The topological polar surface area (TPSA) is 46.2 Å². The molecule has 0 bridgehead atoms. The summed E-state index contributed by atoms with van der Waals surface area (Å²) >= 11 is 0. The Hall–Kier alpha value is -0.860. The van der Waals surface area contributed by atoms with Crippen LogP contribution in [-0.4, -0.2) is 11.7 Å². The fourth-order valence-corrected chi connectivity index (χ4v) is 2.73.